The smallest absolute Gasteiger partial charge is 0.376 e. The van der Waals surface area contributed by atoms with Gasteiger partial charge in [-0.3, -0.25) is 4.79 Å². The van der Waals surface area contributed by atoms with Gasteiger partial charge in [0, 0.05) is 0 Å². The summed E-state index contributed by atoms with van der Waals surface area (Å²) < 4.78 is 4.17. The Balaban J connectivity index is 4.24. The molecular formula is C6H9ClO3. The molecule has 0 aliphatic heterocycles. The highest BCUT2D eigenvalue weighted by Crippen LogP contribution is 2.13. The third kappa shape index (κ3) is 2.35. The summed E-state index contributed by atoms with van der Waals surface area (Å²) in [5.41, 5.74) is 0. The van der Waals surface area contributed by atoms with E-state index in [1.165, 1.54) is 13.8 Å². The summed E-state index contributed by atoms with van der Waals surface area (Å²) in [7, 11) is 1.14. The molecule has 4 heteroatoms. The van der Waals surface area contributed by atoms with Gasteiger partial charge in [-0.15, -0.1) is 11.6 Å². The zero-order valence-corrected chi connectivity index (χ0v) is 6.86. The Hall–Kier alpha value is -0.570. The summed E-state index contributed by atoms with van der Waals surface area (Å²) in [5, 5.41) is 0. The van der Waals surface area contributed by atoms with E-state index in [1.807, 2.05) is 0 Å². The first-order chi connectivity index (χ1) is 4.39. The topological polar surface area (TPSA) is 43.4 Å². The maximum atomic E-state index is 10.8. The Kier molecular flexibility index (Phi) is 2.84. The lowest BCUT2D eigenvalue weighted by atomic mass is 10.1. The number of alkyl halides is 1. The molecule has 0 bridgehead atoms. The normalized spacial score (nSPS) is 10.8. The van der Waals surface area contributed by atoms with Gasteiger partial charge in [-0.05, 0) is 13.8 Å². The van der Waals surface area contributed by atoms with Crippen LogP contribution < -0.4 is 0 Å². The predicted octanol–water partition coefficient (Wildman–Crippen LogP) is 0.746. The fraction of sp³-hybridized carbons (Fsp3) is 0.667. The summed E-state index contributed by atoms with van der Waals surface area (Å²) >= 11 is 5.51. The van der Waals surface area contributed by atoms with E-state index in [0.29, 0.717) is 0 Å². The van der Waals surface area contributed by atoms with Crippen molar-refractivity contribution in [3.05, 3.63) is 0 Å². The molecule has 0 aliphatic rings. The Bertz CT molecular complexity index is 157. The van der Waals surface area contributed by atoms with Crippen molar-refractivity contribution in [3.8, 4) is 0 Å². The molecule has 0 aromatic heterocycles. The first-order valence-electron chi connectivity index (χ1n) is 2.71. The number of Topliss-reactive ketones (excluding diaryl/α,β-unsaturated/α-hetero) is 1. The quantitative estimate of drug-likeness (QED) is 0.344. The third-order valence-corrected chi connectivity index (χ3v) is 1.08. The second kappa shape index (κ2) is 3.01. The van der Waals surface area contributed by atoms with Crippen molar-refractivity contribution < 1.29 is 14.3 Å². The van der Waals surface area contributed by atoms with E-state index in [2.05, 4.69) is 4.74 Å². The number of hydrogen-bond donors (Lipinski definition) is 0. The maximum absolute atomic E-state index is 10.8. The van der Waals surface area contributed by atoms with Crippen molar-refractivity contribution >= 4 is 23.4 Å². The Morgan fingerprint density at radius 1 is 1.40 bits per heavy atom. The van der Waals surface area contributed by atoms with Gasteiger partial charge in [-0.25, -0.2) is 4.79 Å². The lowest BCUT2D eigenvalue weighted by molar-refractivity contribution is -0.152. The van der Waals surface area contributed by atoms with Gasteiger partial charge in [0.05, 0.1) is 7.11 Å². The molecule has 0 N–H and O–H groups in total. The van der Waals surface area contributed by atoms with Crippen LogP contribution in [0.1, 0.15) is 13.8 Å². The summed E-state index contributed by atoms with van der Waals surface area (Å²) in [6.07, 6.45) is 0. The number of hydrogen-bond acceptors (Lipinski definition) is 3. The molecule has 0 spiro atoms. The zero-order chi connectivity index (χ0) is 8.36. The van der Waals surface area contributed by atoms with Crippen molar-refractivity contribution in [2.45, 2.75) is 18.7 Å². The molecule has 0 saturated carbocycles. The molecular weight excluding hydrogens is 156 g/mol. The number of ether oxygens (including phenoxy) is 1. The first kappa shape index (κ1) is 9.43. The molecule has 0 saturated heterocycles. The van der Waals surface area contributed by atoms with E-state index in [-0.39, 0.29) is 0 Å². The molecule has 0 heterocycles. The zero-order valence-electron chi connectivity index (χ0n) is 6.10. The average molecular weight is 165 g/mol. The van der Waals surface area contributed by atoms with E-state index >= 15 is 0 Å². The molecule has 58 valence electrons. The van der Waals surface area contributed by atoms with Crippen molar-refractivity contribution in [2.75, 3.05) is 7.11 Å². The number of esters is 1. The van der Waals surface area contributed by atoms with Gasteiger partial charge in [-0.2, -0.15) is 0 Å². The summed E-state index contributed by atoms with van der Waals surface area (Å²) in [5.74, 6) is -1.63. The van der Waals surface area contributed by atoms with Gasteiger partial charge >= 0.3 is 5.97 Å². The van der Waals surface area contributed by atoms with Crippen LogP contribution in [0.3, 0.4) is 0 Å². The summed E-state index contributed by atoms with van der Waals surface area (Å²) in [6.45, 7) is 2.88. The molecule has 0 amide bonds. The van der Waals surface area contributed by atoms with Gasteiger partial charge < -0.3 is 4.74 Å². The highest BCUT2D eigenvalue weighted by Gasteiger charge is 2.31. The van der Waals surface area contributed by atoms with E-state index in [4.69, 9.17) is 11.6 Å². The molecule has 0 rings (SSSR count). The largest absolute Gasteiger partial charge is 0.463 e. The van der Waals surface area contributed by atoms with Gasteiger partial charge in [0.25, 0.3) is 5.78 Å². The summed E-state index contributed by atoms with van der Waals surface area (Å²) in [4.78, 5) is 20.1. The Morgan fingerprint density at radius 3 is 1.90 bits per heavy atom. The highest BCUT2D eigenvalue weighted by molar-refractivity contribution is 6.50. The SMILES string of the molecule is COC(=O)C(=O)C(C)(C)Cl. The molecule has 0 atom stereocenters. The van der Waals surface area contributed by atoms with Crippen LogP contribution in [0.15, 0.2) is 0 Å². The van der Waals surface area contributed by atoms with Gasteiger partial charge in [0.15, 0.2) is 0 Å². The van der Waals surface area contributed by atoms with Crippen LogP contribution in [0.25, 0.3) is 0 Å². The number of ketones is 1. The first-order valence-corrected chi connectivity index (χ1v) is 3.09. The third-order valence-electron chi connectivity index (χ3n) is 0.911. The number of rotatable bonds is 2. The molecule has 3 nitrogen and oxygen atoms in total. The van der Waals surface area contributed by atoms with E-state index < -0.39 is 16.6 Å². The Labute approximate surface area is 64.3 Å². The van der Waals surface area contributed by atoms with Gasteiger partial charge in [0.1, 0.15) is 4.87 Å². The van der Waals surface area contributed by atoms with Crippen molar-refractivity contribution in [2.24, 2.45) is 0 Å². The maximum Gasteiger partial charge on any atom is 0.376 e. The van der Waals surface area contributed by atoms with Crippen LogP contribution >= 0.6 is 11.6 Å². The molecule has 0 aromatic carbocycles. The van der Waals surface area contributed by atoms with Crippen LogP contribution in [0.2, 0.25) is 0 Å². The van der Waals surface area contributed by atoms with Crippen LogP contribution in [-0.4, -0.2) is 23.7 Å². The van der Waals surface area contributed by atoms with Crippen LogP contribution in [0.4, 0.5) is 0 Å². The lowest BCUT2D eigenvalue weighted by Gasteiger charge is -2.10. The molecule has 10 heavy (non-hydrogen) atoms. The fourth-order valence-corrected chi connectivity index (χ4v) is 0.413. The van der Waals surface area contributed by atoms with Crippen molar-refractivity contribution in [1.29, 1.82) is 0 Å². The second-order valence-corrected chi connectivity index (χ2v) is 3.24. The number of carbonyl (C=O) groups is 2. The van der Waals surface area contributed by atoms with Gasteiger partial charge in [0.2, 0.25) is 0 Å². The van der Waals surface area contributed by atoms with E-state index in [0.717, 1.165) is 7.11 Å². The molecule has 0 aromatic rings. The second-order valence-electron chi connectivity index (χ2n) is 2.29. The average Bonchev–Trinajstić information content (AvgIpc) is 1.83. The Morgan fingerprint density at radius 2 is 1.80 bits per heavy atom. The molecule has 0 aliphatic carbocycles. The minimum absolute atomic E-state index is 0.725. The minimum Gasteiger partial charge on any atom is -0.463 e. The predicted molar refractivity (Wildman–Crippen MR) is 37.0 cm³/mol. The highest BCUT2D eigenvalue weighted by atomic mass is 35.5. The fourth-order valence-electron chi connectivity index (χ4n) is 0.335. The number of halogens is 1. The van der Waals surface area contributed by atoms with Crippen molar-refractivity contribution in [3.63, 3.8) is 0 Å². The summed E-state index contributed by atoms with van der Waals surface area (Å²) in [6, 6.07) is 0. The van der Waals surface area contributed by atoms with Crippen LogP contribution in [-0.2, 0) is 14.3 Å². The van der Waals surface area contributed by atoms with E-state index in [1.54, 1.807) is 0 Å². The number of carbonyl (C=O) groups excluding carboxylic acids is 2. The molecule has 0 radical (unpaired) electrons. The van der Waals surface area contributed by atoms with Gasteiger partial charge in [-0.1, -0.05) is 0 Å². The standard InChI is InChI=1S/C6H9ClO3/c1-6(2,7)4(8)5(9)10-3/h1-3H3. The monoisotopic (exact) mass is 164 g/mol. The molecule has 0 fully saturated rings. The number of methoxy groups -OCH3 is 1. The van der Waals surface area contributed by atoms with Crippen LogP contribution in [0.5, 0.6) is 0 Å². The minimum atomic E-state index is -1.16. The molecule has 0 unspecified atom stereocenters. The lowest BCUT2D eigenvalue weighted by Crippen LogP contribution is -2.32. The van der Waals surface area contributed by atoms with E-state index in [9.17, 15) is 9.59 Å². The van der Waals surface area contributed by atoms with Crippen LogP contribution in [0, 0.1) is 0 Å². The van der Waals surface area contributed by atoms with Crippen molar-refractivity contribution in [1.82, 2.24) is 0 Å².